The Morgan fingerprint density at radius 2 is 1.72 bits per heavy atom. The van der Waals surface area contributed by atoms with Crippen molar-refractivity contribution in [3.8, 4) is 11.5 Å². The highest BCUT2D eigenvalue weighted by Gasteiger charge is 2.34. The Kier molecular flexibility index (Phi) is 4.27. The fourth-order valence-electron chi connectivity index (χ4n) is 4.10. The average molecular weight is 344 g/mol. The molecular weight excluding hydrogens is 320 g/mol. The third-order valence-electron chi connectivity index (χ3n) is 5.66. The van der Waals surface area contributed by atoms with Gasteiger partial charge in [-0.15, -0.1) is 0 Å². The van der Waals surface area contributed by atoms with E-state index in [1.54, 1.807) is 6.92 Å². The van der Waals surface area contributed by atoms with Gasteiger partial charge in [-0.2, -0.15) is 0 Å². The van der Waals surface area contributed by atoms with Crippen LogP contribution < -0.4 is 9.47 Å². The summed E-state index contributed by atoms with van der Waals surface area (Å²) in [6, 6.07) is 6.09. The lowest BCUT2D eigenvalue weighted by atomic mass is 9.95. The zero-order chi connectivity index (χ0) is 17.4. The predicted octanol–water partition coefficient (Wildman–Crippen LogP) is 1.99. The summed E-state index contributed by atoms with van der Waals surface area (Å²) in [5.74, 6) is 2.38. The van der Waals surface area contributed by atoms with E-state index in [2.05, 4.69) is 6.07 Å². The van der Waals surface area contributed by atoms with Crippen LogP contribution in [0.3, 0.4) is 0 Å². The van der Waals surface area contributed by atoms with Crippen molar-refractivity contribution in [1.82, 2.24) is 9.80 Å². The van der Waals surface area contributed by atoms with Gasteiger partial charge >= 0.3 is 0 Å². The van der Waals surface area contributed by atoms with Gasteiger partial charge in [-0.1, -0.05) is 6.07 Å². The molecule has 6 heteroatoms. The Balaban J connectivity index is 1.36. The fourth-order valence-corrected chi connectivity index (χ4v) is 4.10. The SMILES string of the molecule is CC(=O)N1CCC(C(=O)N2CCC(c3ccc4c(c3)OCO4)C2)CC1. The first-order valence-electron chi connectivity index (χ1n) is 9.05. The number of carbonyl (C=O) groups is 2. The lowest BCUT2D eigenvalue weighted by Crippen LogP contribution is -2.43. The molecule has 2 saturated heterocycles. The number of nitrogens with zero attached hydrogens (tertiary/aromatic N) is 2. The highest BCUT2D eigenvalue weighted by molar-refractivity contribution is 5.80. The second kappa shape index (κ2) is 6.58. The van der Waals surface area contributed by atoms with Crippen molar-refractivity contribution in [2.45, 2.75) is 32.1 Å². The van der Waals surface area contributed by atoms with Crippen LogP contribution in [0.4, 0.5) is 0 Å². The molecule has 0 N–H and O–H groups in total. The second-order valence-electron chi connectivity index (χ2n) is 7.16. The summed E-state index contributed by atoms with van der Waals surface area (Å²) in [5.41, 5.74) is 1.21. The molecule has 0 saturated carbocycles. The molecule has 0 bridgehead atoms. The largest absolute Gasteiger partial charge is 0.454 e. The highest BCUT2D eigenvalue weighted by atomic mass is 16.7. The van der Waals surface area contributed by atoms with Crippen LogP contribution in [0.1, 0.15) is 37.7 Å². The first-order valence-corrected chi connectivity index (χ1v) is 9.05. The lowest BCUT2D eigenvalue weighted by Gasteiger charge is -2.32. The van der Waals surface area contributed by atoms with Crippen molar-refractivity contribution in [1.29, 1.82) is 0 Å². The molecule has 1 unspecified atom stereocenters. The van der Waals surface area contributed by atoms with Gasteiger partial charge in [0.05, 0.1) is 0 Å². The maximum absolute atomic E-state index is 12.8. The zero-order valence-electron chi connectivity index (χ0n) is 14.6. The minimum Gasteiger partial charge on any atom is -0.454 e. The first kappa shape index (κ1) is 16.2. The molecule has 1 atom stereocenters. The van der Waals surface area contributed by atoms with Crippen LogP contribution in [0.5, 0.6) is 11.5 Å². The van der Waals surface area contributed by atoms with E-state index < -0.39 is 0 Å². The maximum Gasteiger partial charge on any atom is 0.231 e. The van der Waals surface area contributed by atoms with E-state index in [0.717, 1.165) is 43.9 Å². The number of rotatable bonds is 2. The van der Waals surface area contributed by atoms with Gasteiger partial charge in [0.1, 0.15) is 0 Å². The molecule has 3 aliphatic rings. The van der Waals surface area contributed by atoms with Gasteiger partial charge in [0.25, 0.3) is 0 Å². The van der Waals surface area contributed by atoms with Crippen LogP contribution in [0.25, 0.3) is 0 Å². The molecular formula is C19H24N2O4. The van der Waals surface area contributed by atoms with Crippen LogP contribution in [0.15, 0.2) is 18.2 Å². The van der Waals surface area contributed by atoms with Gasteiger partial charge in [-0.05, 0) is 37.0 Å². The molecule has 1 aromatic carbocycles. The van der Waals surface area contributed by atoms with Gasteiger partial charge in [-0.3, -0.25) is 9.59 Å². The predicted molar refractivity (Wildman–Crippen MR) is 91.5 cm³/mol. The molecule has 134 valence electrons. The van der Waals surface area contributed by atoms with Crippen LogP contribution in [0, 0.1) is 5.92 Å². The lowest BCUT2D eigenvalue weighted by molar-refractivity contribution is -0.139. The van der Waals surface area contributed by atoms with E-state index >= 15 is 0 Å². The molecule has 0 aliphatic carbocycles. The van der Waals surface area contributed by atoms with Gasteiger partial charge in [-0.25, -0.2) is 0 Å². The topological polar surface area (TPSA) is 59.1 Å². The Hall–Kier alpha value is -2.24. The Morgan fingerprint density at radius 1 is 1.00 bits per heavy atom. The molecule has 25 heavy (non-hydrogen) atoms. The van der Waals surface area contributed by atoms with Crippen molar-refractivity contribution in [2.75, 3.05) is 33.0 Å². The maximum atomic E-state index is 12.8. The standard InChI is InChI=1S/C19H24N2O4/c1-13(22)20-7-4-14(5-8-20)19(23)21-9-6-16(11-21)15-2-3-17-18(10-15)25-12-24-17/h2-3,10,14,16H,4-9,11-12H2,1H3. The Morgan fingerprint density at radius 3 is 2.48 bits per heavy atom. The minimum absolute atomic E-state index is 0.0612. The summed E-state index contributed by atoms with van der Waals surface area (Å²) in [6.45, 7) is 4.86. The molecule has 0 radical (unpaired) electrons. The Bertz CT molecular complexity index is 682. The van der Waals surface area contributed by atoms with Gasteiger partial charge < -0.3 is 19.3 Å². The summed E-state index contributed by atoms with van der Waals surface area (Å²) < 4.78 is 10.8. The molecule has 2 amide bonds. The number of benzene rings is 1. The van der Waals surface area contributed by atoms with Crippen molar-refractivity contribution < 1.29 is 19.1 Å². The summed E-state index contributed by atoms with van der Waals surface area (Å²) in [7, 11) is 0. The quantitative estimate of drug-likeness (QED) is 0.823. The van der Waals surface area contributed by atoms with Crippen LogP contribution in [-0.2, 0) is 9.59 Å². The summed E-state index contributed by atoms with van der Waals surface area (Å²) in [5, 5.41) is 0. The molecule has 6 nitrogen and oxygen atoms in total. The second-order valence-corrected chi connectivity index (χ2v) is 7.16. The van der Waals surface area contributed by atoms with E-state index in [-0.39, 0.29) is 24.5 Å². The van der Waals surface area contributed by atoms with Crippen LogP contribution in [0.2, 0.25) is 0 Å². The number of hydrogen-bond acceptors (Lipinski definition) is 4. The first-order chi connectivity index (χ1) is 12.1. The Labute approximate surface area is 147 Å². The molecule has 3 heterocycles. The number of fused-ring (bicyclic) bond motifs is 1. The molecule has 2 fully saturated rings. The molecule has 0 aromatic heterocycles. The third-order valence-corrected chi connectivity index (χ3v) is 5.66. The van der Waals surface area contributed by atoms with E-state index in [1.807, 2.05) is 21.9 Å². The van der Waals surface area contributed by atoms with Crippen molar-refractivity contribution in [3.63, 3.8) is 0 Å². The number of carbonyl (C=O) groups excluding carboxylic acids is 2. The van der Waals surface area contributed by atoms with E-state index in [4.69, 9.17) is 9.47 Å². The molecule has 1 aromatic rings. The van der Waals surface area contributed by atoms with Crippen molar-refractivity contribution in [3.05, 3.63) is 23.8 Å². The van der Waals surface area contributed by atoms with Gasteiger partial charge in [0.15, 0.2) is 11.5 Å². The summed E-state index contributed by atoms with van der Waals surface area (Å²) >= 11 is 0. The summed E-state index contributed by atoms with van der Waals surface area (Å²) in [4.78, 5) is 28.1. The number of ether oxygens (including phenoxy) is 2. The van der Waals surface area contributed by atoms with Gasteiger partial charge in [0, 0.05) is 44.9 Å². The van der Waals surface area contributed by atoms with E-state index in [9.17, 15) is 9.59 Å². The highest BCUT2D eigenvalue weighted by Crippen LogP contribution is 2.37. The van der Waals surface area contributed by atoms with Crippen molar-refractivity contribution >= 4 is 11.8 Å². The molecule has 3 aliphatic heterocycles. The number of amides is 2. The van der Waals surface area contributed by atoms with Crippen LogP contribution >= 0.6 is 0 Å². The third kappa shape index (κ3) is 3.17. The van der Waals surface area contributed by atoms with Crippen molar-refractivity contribution in [2.24, 2.45) is 5.92 Å². The average Bonchev–Trinajstić information content (AvgIpc) is 3.29. The number of piperidine rings is 1. The van der Waals surface area contributed by atoms with E-state index in [0.29, 0.717) is 19.0 Å². The molecule has 4 rings (SSSR count). The van der Waals surface area contributed by atoms with E-state index in [1.165, 1.54) is 5.56 Å². The normalized spacial score (nSPS) is 23.2. The summed E-state index contributed by atoms with van der Waals surface area (Å²) in [6.07, 6.45) is 2.55. The number of likely N-dealkylation sites (tertiary alicyclic amines) is 2. The minimum atomic E-state index is 0.0612. The molecule has 0 spiro atoms. The van der Waals surface area contributed by atoms with Gasteiger partial charge in [0.2, 0.25) is 18.6 Å². The zero-order valence-corrected chi connectivity index (χ0v) is 14.6. The fraction of sp³-hybridized carbons (Fsp3) is 0.579. The monoisotopic (exact) mass is 344 g/mol. The smallest absolute Gasteiger partial charge is 0.231 e. The van der Waals surface area contributed by atoms with Crippen LogP contribution in [-0.4, -0.2) is 54.6 Å². The number of hydrogen-bond donors (Lipinski definition) is 0.